The molecule has 162 valence electrons. The summed E-state index contributed by atoms with van der Waals surface area (Å²) >= 11 is 0. The molecular weight excluding hydrogens is 419 g/mol. The largest absolute Gasteiger partial charge is 0.417 e. The molecule has 0 radical (unpaired) electrons. The van der Waals surface area contributed by atoms with E-state index >= 15 is 0 Å². The fourth-order valence-corrected chi connectivity index (χ4v) is 4.02. The molecule has 5 heterocycles. The van der Waals surface area contributed by atoms with E-state index in [0.29, 0.717) is 39.4 Å². The first-order valence-electron chi connectivity index (χ1n) is 9.84. The second kappa shape index (κ2) is 7.04. The average molecular weight is 437 g/mol. The first-order valence-corrected chi connectivity index (χ1v) is 9.84. The average Bonchev–Trinajstić information content (AvgIpc) is 3.31. The maximum atomic E-state index is 13.4. The van der Waals surface area contributed by atoms with Crippen LogP contribution in [0.3, 0.4) is 0 Å². The SMILES string of the molecule is Cc1nn(C(C)c2cc3ccc(C(F)(F)F)cn3c2-c2ccccn2)c2ncnc(N)c12. The van der Waals surface area contributed by atoms with Crippen molar-refractivity contribution in [1.29, 1.82) is 0 Å². The molecule has 0 aliphatic rings. The number of pyridine rings is 2. The molecule has 1 unspecified atom stereocenters. The van der Waals surface area contributed by atoms with Crippen LogP contribution in [0.2, 0.25) is 0 Å². The molecule has 5 aromatic rings. The summed E-state index contributed by atoms with van der Waals surface area (Å²) in [6, 6.07) is 9.34. The molecule has 7 nitrogen and oxygen atoms in total. The lowest BCUT2D eigenvalue weighted by Gasteiger charge is -2.15. The summed E-state index contributed by atoms with van der Waals surface area (Å²) in [6.07, 6.45) is -0.386. The predicted octanol–water partition coefficient (Wildman–Crippen LogP) is 4.66. The van der Waals surface area contributed by atoms with Crippen molar-refractivity contribution in [1.82, 2.24) is 29.1 Å². The minimum absolute atomic E-state index is 0.327. The number of aromatic nitrogens is 6. The molecule has 0 aromatic carbocycles. The number of alkyl halides is 3. The smallest absolute Gasteiger partial charge is 0.383 e. The number of anilines is 1. The zero-order valence-electron chi connectivity index (χ0n) is 17.2. The normalized spacial score (nSPS) is 13.2. The van der Waals surface area contributed by atoms with E-state index in [1.54, 1.807) is 29.1 Å². The van der Waals surface area contributed by atoms with Gasteiger partial charge in [-0.05, 0) is 44.2 Å². The van der Waals surface area contributed by atoms with Crippen LogP contribution in [0.1, 0.15) is 29.8 Å². The fourth-order valence-electron chi connectivity index (χ4n) is 4.02. The van der Waals surface area contributed by atoms with Crippen molar-refractivity contribution in [3.63, 3.8) is 0 Å². The number of fused-ring (bicyclic) bond motifs is 2. The molecule has 32 heavy (non-hydrogen) atoms. The highest BCUT2D eigenvalue weighted by Crippen LogP contribution is 2.36. The standard InChI is InChI=1S/C22H18F3N7/c1-12-18-20(26)28-11-29-21(18)32(30-12)13(2)16-9-15-7-6-14(22(23,24)25)10-31(15)19(16)17-5-3-4-8-27-17/h3-11,13H,1-2H3,(H2,26,28,29). The van der Waals surface area contributed by atoms with Gasteiger partial charge in [0.25, 0.3) is 0 Å². The third-order valence-corrected chi connectivity index (χ3v) is 5.54. The van der Waals surface area contributed by atoms with Crippen molar-refractivity contribution in [2.24, 2.45) is 0 Å². The van der Waals surface area contributed by atoms with Gasteiger partial charge < -0.3 is 10.1 Å². The monoisotopic (exact) mass is 437 g/mol. The third kappa shape index (κ3) is 3.06. The van der Waals surface area contributed by atoms with Crippen LogP contribution in [0.4, 0.5) is 19.0 Å². The molecule has 0 saturated carbocycles. The molecule has 0 aliphatic carbocycles. The zero-order chi connectivity index (χ0) is 22.6. The lowest BCUT2D eigenvalue weighted by Crippen LogP contribution is -2.11. The highest BCUT2D eigenvalue weighted by Gasteiger charge is 2.32. The molecule has 5 aromatic heterocycles. The van der Waals surface area contributed by atoms with Gasteiger partial charge in [-0.25, -0.2) is 14.6 Å². The van der Waals surface area contributed by atoms with E-state index in [2.05, 4.69) is 20.1 Å². The Hall–Kier alpha value is -3.95. The summed E-state index contributed by atoms with van der Waals surface area (Å²) in [4.78, 5) is 12.8. The Balaban J connectivity index is 1.78. The number of hydrogen-bond acceptors (Lipinski definition) is 5. The van der Waals surface area contributed by atoms with Crippen LogP contribution in [0.25, 0.3) is 27.9 Å². The predicted molar refractivity (Wildman–Crippen MR) is 114 cm³/mol. The number of rotatable bonds is 3. The van der Waals surface area contributed by atoms with Gasteiger partial charge in [-0.2, -0.15) is 18.3 Å². The fraction of sp³-hybridized carbons (Fsp3) is 0.182. The number of nitrogens with zero attached hydrogens (tertiary/aromatic N) is 6. The van der Waals surface area contributed by atoms with E-state index in [4.69, 9.17) is 5.73 Å². The molecule has 0 aliphatic heterocycles. The number of nitrogen functional groups attached to an aromatic ring is 1. The maximum absolute atomic E-state index is 13.4. The van der Waals surface area contributed by atoms with Crippen LogP contribution in [-0.4, -0.2) is 29.1 Å². The highest BCUT2D eigenvalue weighted by molar-refractivity contribution is 5.88. The van der Waals surface area contributed by atoms with Gasteiger partial charge in [0.05, 0.1) is 34.1 Å². The van der Waals surface area contributed by atoms with E-state index in [1.807, 2.05) is 19.9 Å². The molecule has 0 saturated heterocycles. The Morgan fingerprint density at radius 1 is 1.06 bits per heavy atom. The van der Waals surface area contributed by atoms with Crippen LogP contribution in [-0.2, 0) is 6.18 Å². The molecule has 0 fully saturated rings. The van der Waals surface area contributed by atoms with E-state index in [0.717, 1.165) is 17.8 Å². The van der Waals surface area contributed by atoms with E-state index < -0.39 is 11.7 Å². The summed E-state index contributed by atoms with van der Waals surface area (Å²) in [5.74, 6) is 0.327. The number of aryl methyl sites for hydroxylation is 1. The van der Waals surface area contributed by atoms with Crippen molar-refractivity contribution in [3.8, 4) is 11.4 Å². The first kappa shape index (κ1) is 20.0. The Labute approximate surface area is 180 Å². The second-order valence-corrected chi connectivity index (χ2v) is 7.54. The van der Waals surface area contributed by atoms with Crippen LogP contribution in [0.15, 0.2) is 55.1 Å². The summed E-state index contributed by atoms with van der Waals surface area (Å²) < 4.78 is 43.5. The van der Waals surface area contributed by atoms with Gasteiger partial charge in [-0.1, -0.05) is 6.07 Å². The maximum Gasteiger partial charge on any atom is 0.417 e. The third-order valence-electron chi connectivity index (χ3n) is 5.54. The Morgan fingerprint density at radius 3 is 2.59 bits per heavy atom. The first-order chi connectivity index (χ1) is 15.3. The second-order valence-electron chi connectivity index (χ2n) is 7.54. The molecule has 2 N–H and O–H groups in total. The van der Waals surface area contributed by atoms with Crippen molar-refractivity contribution in [3.05, 3.63) is 71.9 Å². The van der Waals surface area contributed by atoms with E-state index in [1.165, 1.54) is 16.8 Å². The Kier molecular flexibility index (Phi) is 4.40. The van der Waals surface area contributed by atoms with Crippen LogP contribution in [0.5, 0.6) is 0 Å². The van der Waals surface area contributed by atoms with Gasteiger partial charge in [0.1, 0.15) is 12.1 Å². The topological polar surface area (TPSA) is 86.9 Å². The molecule has 0 spiro atoms. The minimum atomic E-state index is -4.46. The van der Waals surface area contributed by atoms with Gasteiger partial charge in [0.2, 0.25) is 0 Å². The Morgan fingerprint density at radius 2 is 1.88 bits per heavy atom. The summed E-state index contributed by atoms with van der Waals surface area (Å²) in [6.45, 7) is 3.73. The van der Waals surface area contributed by atoms with Crippen molar-refractivity contribution in [2.45, 2.75) is 26.1 Å². The quantitative estimate of drug-likeness (QED) is 0.444. The lowest BCUT2D eigenvalue weighted by molar-refractivity contribution is -0.137. The lowest BCUT2D eigenvalue weighted by atomic mass is 10.1. The van der Waals surface area contributed by atoms with Crippen molar-refractivity contribution >= 4 is 22.4 Å². The van der Waals surface area contributed by atoms with Crippen LogP contribution < -0.4 is 5.73 Å². The molecule has 1 atom stereocenters. The van der Waals surface area contributed by atoms with Gasteiger partial charge in [0.15, 0.2) is 5.65 Å². The van der Waals surface area contributed by atoms with Gasteiger partial charge in [-0.3, -0.25) is 4.98 Å². The Bertz CT molecular complexity index is 1450. The number of halogens is 3. The number of nitrogens with two attached hydrogens (primary N) is 1. The molecule has 0 bridgehead atoms. The number of hydrogen-bond donors (Lipinski definition) is 1. The minimum Gasteiger partial charge on any atom is -0.383 e. The van der Waals surface area contributed by atoms with Crippen LogP contribution >= 0.6 is 0 Å². The molecule has 5 rings (SSSR count). The molecule has 0 amide bonds. The molecule has 10 heteroatoms. The van der Waals surface area contributed by atoms with E-state index in [-0.39, 0.29) is 6.04 Å². The van der Waals surface area contributed by atoms with Gasteiger partial charge >= 0.3 is 6.18 Å². The summed E-state index contributed by atoms with van der Waals surface area (Å²) in [7, 11) is 0. The van der Waals surface area contributed by atoms with E-state index in [9.17, 15) is 13.2 Å². The van der Waals surface area contributed by atoms with Gasteiger partial charge in [-0.15, -0.1) is 0 Å². The highest BCUT2D eigenvalue weighted by atomic mass is 19.4. The summed E-state index contributed by atoms with van der Waals surface area (Å²) in [5, 5.41) is 5.27. The van der Waals surface area contributed by atoms with Crippen molar-refractivity contribution in [2.75, 3.05) is 5.73 Å². The van der Waals surface area contributed by atoms with Crippen molar-refractivity contribution < 1.29 is 13.2 Å². The van der Waals surface area contributed by atoms with Crippen LogP contribution in [0, 0.1) is 6.92 Å². The summed E-state index contributed by atoms with van der Waals surface area (Å²) in [5.41, 5.74) is 8.99. The molecular formula is C22H18F3N7. The zero-order valence-corrected chi connectivity index (χ0v) is 17.2. The van der Waals surface area contributed by atoms with Gasteiger partial charge in [0, 0.05) is 23.5 Å².